The van der Waals surface area contributed by atoms with Gasteiger partial charge in [0.2, 0.25) is 5.82 Å². The maximum Gasteiger partial charge on any atom is 0.296 e. The van der Waals surface area contributed by atoms with E-state index in [-0.39, 0.29) is 34.3 Å². The summed E-state index contributed by atoms with van der Waals surface area (Å²) in [6, 6.07) is 4.31. The predicted molar refractivity (Wildman–Crippen MR) is 99.6 cm³/mol. The lowest BCUT2D eigenvalue weighted by Gasteiger charge is -2.24. The first kappa shape index (κ1) is 19.3. The Bertz CT molecular complexity index is 1030. The second-order valence-electron chi connectivity index (χ2n) is 6.37. The number of nitrogens with one attached hydrogen (secondary N) is 2. The van der Waals surface area contributed by atoms with E-state index in [1.807, 2.05) is 0 Å². The molecular formula is C17H22N4O5S. The molecule has 0 spiro atoms. The molecule has 2 heterocycles. The van der Waals surface area contributed by atoms with Crippen molar-refractivity contribution in [1.82, 2.24) is 20.3 Å². The number of piperidine rings is 1. The van der Waals surface area contributed by atoms with Crippen LogP contribution in [0.2, 0.25) is 0 Å². The number of aromatic nitrogens is 2. The molecular weight excluding hydrogens is 372 g/mol. The summed E-state index contributed by atoms with van der Waals surface area (Å²) in [6.07, 6.45) is 2.57. The Balaban J connectivity index is 2.14. The van der Waals surface area contributed by atoms with Crippen molar-refractivity contribution in [2.75, 3.05) is 26.0 Å². The van der Waals surface area contributed by atoms with Gasteiger partial charge in [-0.3, -0.25) is 9.59 Å². The molecule has 3 rings (SSSR count). The molecule has 146 valence electrons. The summed E-state index contributed by atoms with van der Waals surface area (Å²) in [6.45, 7) is 3.37. The van der Waals surface area contributed by atoms with Crippen LogP contribution in [0, 0.1) is 0 Å². The lowest BCUT2D eigenvalue weighted by Crippen LogP contribution is -2.45. The highest BCUT2D eigenvalue weighted by Gasteiger charge is 2.25. The number of hydrogen-bond donors (Lipinski definition) is 2. The third-order valence-corrected chi connectivity index (χ3v) is 5.50. The van der Waals surface area contributed by atoms with Crippen LogP contribution in [-0.4, -0.2) is 56.0 Å². The standard InChI is InChI=1S/C17H22N4O5S/c1-3-26-21-15(16(22)19-11-7-9-18-10-8-11)20-12-5-4-6-13(27(2,24)25)14(12)17(21)23/h4-6,11,18H,3,7-10H2,1-2H3,(H,19,22). The van der Waals surface area contributed by atoms with Crippen molar-refractivity contribution in [3.05, 3.63) is 34.4 Å². The predicted octanol–water partition coefficient (Wildman–Crippen LogP) is -0.270. The summed E-state index contributed by atoms with van der Waals surface area (Å²) in [5.41, 5.74) is -0.590. The highest BCUT2D eigenvalue weighted by Crippen LogP contribution is 2.19. The van der Waals surface area contributed by atoms with Gasteiger partial charge in [-0.2, -0.15) is 0 Å². The van der Waals surface area contributed by atoms with E-state index in [4.69, 9.17) is 4.84 Å². The van der Waals surface area contributed by atoms with Crippen LogP contribution < -0.4 is 21.0 Å². The SMILES string of the molecule is CCOn1c(C(=O)NC2CCNCC2)nc2cccc(S(C)(=O)=O)c2c1=O. The Morgan fingerprint density at radius 1 is 1.37 bits per heavy atom. The molecule has 2 N–H and O–H groups in total. The molecule has 1 saturated heterocycles. The quantitative estimate of drug-likeness (QED) is 0.716. The zero-order chi connectivity index (χ0) is 19.6. The smallest absolute Gasteiger partial charge is 0.296 e. The molecule has 1 fully saturated rings. The Morgan fingerprint density at radius 2 is 2.07 bits per heavy atom. The van der Waals surface area contributed by atoms with Gasteiger partial charge in [-0.1, -0.05) is 6.07 Å². The minimum Gasteiger partial charge on any atom is -0.409 e. The summed E-state index contributed by atoms with van der Waals surface area (Å²) < 4.78 is 24.9. The second kappa shape index (κ2) is 7.65. The van der Waals surface area contributed by atoms with Crippen LogP contribution in [0.1, 0.15) is 30.4 Å². The van der Waals surface area contributed by atoms with Gasteiger partial charge in [0.05, 0.1) is 15.8 Å². The molecule has 0 bridgehead atoms. The molecule has 1 aromatic carbocycles. The van der Waals surface area contributed by atoms with Gasteiger partial charge < -0.3 is 15.5 Å². The van der Waals surface area contributed by atoms with Crippen molar-refractivity contribution in [2.45, 2.75) is 30.7 Å². The lowest BCUT2D eigenvalue weighted by molar-refractivity contribution is 0.0778. The van der Waals surface area contributed by atoms with E-state index < -0.39 is 21.3 Å². The van der Waals surface area contributed by atoms with Crippen LogP contribution in [0.25, 0.3) is 10.9 Å². The number of nitrogens with zero attached hydrogens (tertiary/aromatic N) is 2. The van der Waals surface area contributed by atoms with Gasteiger partial charge >= 0.3 is 0 Å². The van der Waals surface area contributed by atoms with E-state index in [2.05, 4.69) is 15.6 Å². The third-order valence-electron chi connectivity index (χ3n) is 4.36. The molecule has 10 heteroatoms. The minimum absolute atomic E-state index is 0.0243. The van der Waals surface area contributed by atoms with Gasteiger partial charge in [0.25, 0.3) is 11.5 Å². The van der Waals surface area contributed by atoms with E-state index in [0.29, 0.717) is 0 Å². The summed E-state index contributed by atoms with van der Waals surface area (Å²) in [7, 11) is -3.66. The summed E-state index contributed by atoms with van der Waals surface area (Å²) in [5.74, 6) is -0.724. The molecule has 0 unspecified atom stereocenters. The fourth-order valence-corrected chi connectivity index (χ4v) is 3.99. The van der Waals surface area contributed by atoms with Crippen LogP contribution in [0.3, 0.4) is 0 Å². The van der Waals surface area contributed by atoms with Crippen molar-refractivity contribution >= 4 is 26.6 Å². The topological polar surface area (TPSA) is 119 Å². The Morgan fingerprint density at radius 3 is 2.70 bits per heavy atom. The van der Waals surface area contributed by atoms with Crippen LogP contribution >= 0.6 is 0 Å². The fourth-order valence-electron chi connectivity index (χ4n) is 3.10. The Kier molecular flexibility index (Phi) is 5.47. The molecule has 1 aliphatic rings. The Hall–Kier alpha value is -2.46. The fraction of sp³-hybridized carbons (Fsp3) is 0.471. The first-order chi connectivity index (χ1) is 12.8. The van der Waals surface area contributed by atoms with E-state index >= 15 is 0 Å². The van der Waals surface area contributed by atoms with Gasteiger partial charge in [0.1, 0.15) is 6.61 Å². The molecule has 27 heavy (non-hydrogen) atoms. The van der Waals surface area contributed by atoms with Gasteiger partial charge in [0, 0.05) is 12.3 Å². The number of carbonyl (C=O) groups is 1. The van der Waals surface area contributed by atoms with Crippen LogP contribution in [0.15, 0.2) is 27.9 Å². The van der Waals surface area contributed by atoms with Crippen molar-refractivity contribution in [1.29, 1.82) is 0 Å². The van der Waals surface area contributed by atoms with Gasteiger partial charge in [-0.05, 0) is 45.0 Å². The number of fused-ring (bicyclic) bond motifs is 1. The van der Waals surface area contributed by atoms with E-state index in [0.717, 1.165) is 36.9 Å². The molecule has 1 amide bonds. The summed E-state index contributed by atoms with van der Waals surface area (Å²) in [5, 5.41) is 5.99. The van der Waals surface area contributed by atoms with Gasteiger partial charge in [0.15, 0.2) is 9.84 Å². The van der Waals surface area contributed by atoms with E-state index in [1.54, 1.807) is 6.92 Å². The molecule has 0 saturated carbocycles. The second-order valence-corrected chi connectivity index (χ2v) is 8.36. The van der Waals surface area contributed by atoms with E-state index in [1.165, 1.54) is 18.2 Å². The first-order valence-corrected chi connectivity index (χ1v) is 10.6. The third kappa shape index (κ3) is 3.96. The van der Waals surface area contributed by atoms with Crippen LogP contribution in [0.5, 0.6) is 0 Å². The molecule has 2 aromatic rings. The van der Waals surface area contributed by atoms with E-state index in [9.17, 15) is 18.0 Å². The summed E-state index contributed by atoms with van der Waals surface area (Å²) >= 11 is 0. The molecule has 1 aliphatic heterocycles. The monoisotopic (exact) mass is 394 g/mol. The molecule has 0 radical (unpaired) electrons. The lowest BCUT2D eigenvalue weighted by atomic mass is 10.1. The van der Waals surface area contributed by atoms with Gasteiger partial charge in [-0.15, -0.1) is 4.73 Å². The highest BCUT2D eigenvalue weighted by atomic mass is 32.2. The minimum atomic E-state index is -3.66. The molecule has 0 atom stereocenters. The Labute approximate surface area is 156 Å². The zero-order valence-electron chi connectivity index (χ0n) is 15.2. The molecule has 0 aliphatic carbocycles. The number of carbonyl (C=O) groups excluding carboxylic acids is 1. The van der Waals surface area contributed by atoms with Gasteiger partial charge in [-0.25, -0.2) is 13.4 Å². The first-order valence-electron chi connectivity index (χ1n) is 8.73. The average molecular weight is 394 g/mol. The maximum absolute atomic E-state index is 12.9. The molecule has 1 aromatic heterocycles. The van der Waals surface area contributed by atoms with Crippen molar-refractivity contribution in [3.63, 3.8) is 0 Å². The van der Waals surface area contributed by atoms with Crippen LogP contribution in [-0.2, 0) is 9.84 Å². The van der Waals surface area contributed by atoms with Crippen molar-refractivity contribution in [3.8, 4) is 0 Å². The average Bonchev–Trinajstić information content (AvgIpc) is 2.63. The van der Waals surface area contributed by atoms with Crippen molar-refractivity contribution < 1.29 is 18.0 Å². The summed E-state index contributed by atoms with van der Waals surface area (Å²) in [4.78, 5) is 35.1. The largest absolute Gasteiger partial charge is 0.409 e. The number of benzene rings is 1. The number of sulfone groups is 1. The highest BCUT2D eigenvalue weighted by molar-refractivity contribution is 7.91. The normalized spacial score (nSPS) is 15.6. The number of hydrogen-bond acceptors (Lipinski definition) is 7. The van der Waals surface area contributed by atoms with Crippen molar-refractivity contribution in [2.24, 2.45) is 0 Å². The molecule has 9 nitrogen and oxygen atoms in total. The number of rotatable bonds is 5. The zero-order valence-corrected chi connectivity index (χ0v) is 16.0. The number of amides is 1. The van der Waals surface area contributed by atoms with Crippen LogP contribution in [0.4, 0.5) is 0 Å². The maximum atomic E-state index is 12.9.